The summed E-state index contributed by atoms with van der Waals surface area (Å²) in [5.41, 5.74) is 1.27. The molecule has 1 aliphatic rings. The Bertz CT molecular complexity index is 656. The molecule has 0 spiro atoms. The number of ether oxygens (including phenoxy) is 1. The maximum Gasteiger partial charge on any atom is 0.146 e. The van der Waals surface area contributed by atoms with Crippen LogP contribution in [0.15, 0.2) is 30.6 Å². The molecule has 130 valence electrons. The molecule has 2 aromatic rings. The molecule has 1 aromatic carbocycles. The van der Waals surface area contributed by atoms with Gasteiger partial charge in [0.05, 0.1) is 13.2 Å². The van der Waals surface area contributed by atoms with Gasteiger partial charge in [-0.15, -0.1) is 10.2 Å². The standard InChI is InChI=1S/C18H27N5O/c1-4-24-17-8-6-5-7-16(17)12-22-9-10-23(15(2)11-22)13-18-20-19-14-21(18)3/h5-8,14-15H,4,9-13H2,1-3H3/t15-/m0/s1. The van der Waals surface area contributed by atoms with E-state index in [1.54, 1.807) is 6.33 Å². The first kappa shape index (κ1) is 16.9. The molecule has 0 amide bonds. The molecule has 3 rings (SSSR count). The van der Waals surface area contributed by atoms with Crippen molar-refractivity contribution in [1.29, 1.82) is 0 Å². The molecule has 24 heavy (non-hydrogen) atoms. The van der Waals surface area contributed by atoms with E-state index in [1.165, 1.54) is 5.56 Å². The van der Waals surface area contributed by atoms with Crippen molar-refractivity contribution < 1.29 is 4.74 Å². The number of hydrogen-bond donors (Lipinski definition) is 0. The van der Waals surface area contributed by atoms with Crippen LogP contribution in [0.2, 0.25) is 0 Å². The van der Waals surface area contributed by atoms with E-state index in [0.29, 0.717) is 12.6 Å². The first-order chi connectivity index (χ1) is 11.7. The third kappa shape index (κ3) is 3.94. The van der Waals surface area contributed by atoms with Gasteiger partial charge in [0.15, 0.2) is 0 Å². The topological polar surface area (TPSA) is 46.4 Å². The molecular formula is C18H27N5O. The van der Waals surface area contributed by atoms with Crippen LogP contribution < -0.4 is 4.74 Å². The van der Waals surface area contributed by atoms with E-state index < -0.39 is 0 Å². The second kappa shape index (κ2) is 7.77. The van der Waals surface area contributed by atoms with Gasteiger partial charge in [-0.05, 0) is 19.9 Å². The molecule has 2 heterocycles. The van der Waals surface area contributed by atoms with Crippen LogP contribution in [0.25, 0.3) is 0 Å². The summed E-state index contributed by atoms with van der Waals surface area (Å²) in [6.07, 6.45) is 1.76. The minimum absolute atomic E-state index is 0.495. The lowest BCUT2D eigenvalue weighted by atomic mass is 10.1. The van der Waals surface area contributed by atoms with E-state index in [1.807, 2.05) is 24.6 Å². The van der Waals surface area contributed by atoms with Crippen molar-refractivity contribution in [3.63, 3.8) is 0 Å². The van der Waals surface area contributed by atoms with Gasteiger partial charge in [0.25, 0.3) is 0 Å². The molecule has 1 saturated heterocycles. The van der Waals surface area contributed by atoms with Crippen molar-refractivity contribution in [2.45, 2.75) is 33.0 Å². The summed E-state index contributed by atoms with van der Waals surface area (Å²) in [5.74, 6) is 2.03. The Balaban J connectivity index is 1.59. The van der Waals surface area contributed by atoms with Crippen LogP contribution in [0.5, 0.6) is 5.75 Å². The van der Waals surface area contributed by atoms with Crippen LogP contribution in [0.3, 0.4) is 0 Å². The Morgan fingerprint density at radius 2 is 2.04 bits per heavy atom. The van der Waals surface area contributed by atoms with Crippen LogP contribution >= 0.6 is 0 Å². The third-order valence-corrected chi connectivity index (χ3v) is 4.67. The van der Waals surface area contributed by atoms with E-state index in [9.17, 15) is 0 Å². The highest BCUT2D eigenvalue weighted by molar-refractivity contribution is 5.33. The number of hydrogen-bond acceptors (Lipinski definition) is 5. The van der Waals surface area contributed by atoms with E-state index in [-0.39, 0.29) is 0 Å². The van der Waals surface area contributed by atoms with Gasteiger partial charge in [-0.2, -0.15) is 0 Å². The fourth-order valence-electron chi connectivity index (χ4n) is 3.25. The normalized spacial score (nSPS) is 19.5. The van der Waals surface area contributed by atoms with Gasteiger partial charge in [0, 0.05) is 44.8 Å². The van der Waals surface area contributed by atoms with Gasteiger partial charge in [-0.25, -0.2) is 0 Å². The molecule has 0 bridgehead atoms. The quantitative estimate of drug-likeness (QED) is 0.810. The van der Waals surface area contributed by atoms with Gasteiger partial charge >= 0.3 is 0 Å². The maximum absolute atomic E-state index is 5.75. The van der Waals surface area contributed by atoms with Crippen LogP contribution in [0, 0.1) is 0 Å². The SMILES string of the molecule is CCOc1ccccc1CN1CCN(Cc2nncn2C)[C@@H](C)C1. The first-order valence-corrected chi connectivity index (χ1v) is 8.67. The van der Waals surface area contributed by atoms with Crippen LogP contribution in [-0.2, 0) is 20.1 Å². The van der Waals surface area contributed by atoms with Gasteiger partial charge in [-0.3, -0.25) is 9.80 Å². The minimum Gasteiger partial charge on any atom is -0.494 e. The molecule has 0 unspecified atom stereocenters. The lowest BCUT2D eigenvalue weighted by Gasteiger charge is -2.39. The molecule has 1 fully saturated rings. The highest BCUT2D eigenvalue weighted by Crippen LogP contribution is 2.22. The maximum atomic E-state index is 5.75. The summed E-state index contributed by atoms with van der Waals surface area (Å²) in [5, 5.41) is 8.18. The zero-order chi connectivity index (χ0) is 16.9. The Morgan fingerprint density at radius 3 is 2.75 bits per heavy atom. The molecular weight excluding hydrogens is 302 g/mol. The highest BCUT2D eigenvalue weighted by Gasteiger charge is 2.25. The number of para-hydroxylation sites is 1. The Hall–Kier alpha value is -1.92. The van der Waals surface area contributed by atoms with Gasteiger partial charge < -0.3 is 9.30 Å². The summed E-state index contributed by atoms with van der Waals surface area (Å²) < 4.78 is 7.75. The van der Waals surface area contributed by atoms with E-state index in [4.69, 9.17) is 4.74 Å². The minimum atomic E-state index is 0.495. The summed E-state index contributed by atoms with van der Waals surface area (Å²) >= 11 is 0. The smallest absolute Gasteiger partial charge is 0.146 e. The molecule has 1 aromatic heterocycles. The monoisotopic (exact) mass is 329 g/mol. The Morgan fingerprint density at radius 1 is 1.21 bits per heavy atom. The average molecular weight is 329 g/mol. The fourth-order valence-corrected chi connectivity index (χ4v) is 3.25. The van der Waals surface area contributed by atoms with Crippen molar-refractivity contribution >= 4 is 0 Å². The van der Waals surface area contributed by atoms with E-state index in [2.05, 4.69) is 45.1 Å². The van der Waals surface area contributed by atoms with Crippen molar-refractivity contribution in [3.05, 3.63) is 42.0 Å². The van der Waals surface area contributed by atoms with Gasteiger partial charge in [0.2, 0.25) is 0 Å². The number of rotatable bonds is 6. The molecule has 1 aliphatic heterocycles. The third-order valence-electron chi connectivity index (χ3n) is 4.67. The van der Waals surface area contributed by atoms with E-state index in [0.717, 1.165) is 44.3 Å². The summed E-state index contributed by atoms with van der Waals surface area (Å²) in [4.78, 5) is 4.99. The zero-order valence-electron chi connectivity index (χ0n) is 14.9. The van der Waals surface area contributed by atoms with Crippen LogP contribution in [0.4, 0.5) is 0 Å². The van der Waals surface area contributed by atoms with Crippen molar-refractivity contribution in [2.24, 2.45) is 7.05 Å². The van der Waals surface area contributed by atoms with E-state index >= 15 is 0 Å². The average Bonchev–Trinajstić information content (AvgIpc) is 2.97. The van der Waals surface area contributed by atoms with Crippen molar-refractivity contribution in [1.82, 2.24) is 24.6 Å². The Kier molecular flexibility index (Phi) is 5.48. The molecule has 0 radical (unpaired) electrons. The van der Waals surface area contributed by atoms with Crippen molar-refractivity contribution in [2.75, 3.05) is 26.2 Å². The zero-order valence-corrected chi connectivity index (χ0v) is 14.9. The lowest BCUT2D eigenvalue weighted by Crippen LogP contribution is -2.51. The van der Waals surface area contributed by atoms with Gasteiger partial charge in [-0.1, -0.05) is 18.2 Å². The predicted molar refractivity (Wildman–Crippen MR) is 93.8 cm³/mol. The second-order valence-corrected chi connectivity index (χ2v) is 6.45. The molecule has 0 saturated carbocycles. The number of benzene rings is 1. The highest BCUT2D eigenvalue weighted by atomic mass is 16.5. The van der Waals surface area contributed by atoms with Gasteiger partial charge in [0.1, 0.15) is 17.9 Å². The summed E-state index contributed by atoms with van der Waals surface area (Å²) in [6, 6.07) is 8.85. The van der Waals surface area contributed by atoms with Crippen molar-refractivity contribution in [3.8, 4) is 5.75 Å². The molecule has 1 atom stereocenters. The molecule has 0 aliphatic carbocycles. The molecule has 0 N–H and O–H groups in total. The molecule has 6 heteroatoms. The fraction of sp³-hybridized carbons (Fsp3) is 0.556. The lowest BCUT2D eigenvalue weighted by molar-refractivity contribution is 0.0701. The first-order valence-electron chi connectivity index (χ1n) is 8.67. The predicted octanol–water partition coefficient (Wildman–Crippen LogP) is 1.92. The number of aryl methyl sites for hydroxylation is 1. The summed E-state index contributed by atoms with van der Waals surface area (Å²) in [7, 11) is 2.00. The Labute approximate surface area is 144 Å². The number of aromatic nitrogens is 3. The molecule has 6 nitrogen and oxygen atoms in total. The van der Waals surface area contributed by atoms with Crippen LogP contribution in [0.1, 0.15) is 25.2 Å². The number of nitrogens with zero attached hydrogens (tertiary/aromatic N) is 5. The largest absolute Gasteiger partial charge is 0.494 e. The second-order valence-electron chi connectivity index (χ2n) is 6.45. The van der Waals surface area contributed by atoms with Crippen LogP contribution in [-0.4, -0.2) is 56.8 Å². The summed E-state index contributed by atoms with van der Waals surface area (Å²) in [6.45, 7) is 9.99. The number of piperazine rings is 1.